The highest BCUT2D eigenvalue weighted by Crippen LogP contribution is 2.16. The van der Waals surface area contributed by atoms with Crippen LogP contribution in [0, 0.1) is 13.8 Å². The lowest BCUT2D eigenvalue weighted by atomic mass is 10.1. The summed E-state index contributed by atoms with van der Waals surface area (Å²) in [6.45, 7) is 6.59. The maximum absolute atomic E-state index is 10.3. The van der Waals surface area contributed by atoms with Gasteiger partial charge in [-0.15, -0.1) is 0 Å². The molecule has 3 N–H and O–H groups in total. The Morgan fingerprint density at radius 2 is 2.10 bits per heavy atom. The Balaban J connectivity index is 1.88. The van der Waals surface area contributed by atoms with Crippen LogP contribution in [0.3, 0.4) is 0 Å². The molecule has 1 atom stereocenters. The molecule has 1 saturated heterocycles. The van der Waals surface area contributed by atoms with E-state index in [1.807, 2.05) is 13.8 Å². The number of hydrogen-bond acceptors (Lipinski definition) is 5. The molecular weight excluding hydrogens is 256 g/mol. The number of aromatic nitrogens is 2. The van der Waals surface area contributed by atoms with Gasteiger partial charge in [0, 0.05) is 25.8 Å². The first kappa shape index (κ1) is 15.3. The van der Waals surface area contributed by atoms with Gasteiger partial charge in [0.25, 0.3) is 0 Å². The van der Waals surface area contributed by atoms with Crippen molar-refractivity contribution in [2.75, 3.05) is 32.5 Å². The number of anilines is 1. The molecule has 20 heavy (non-hydrogen) atoms. The minimum Gasteiger partial charge on any atom is -0.396 e. The first-order valence-electron chi connectivity index (χ1n) is 7.24. The molecule has 1 aliphatic rings. The van der Waals surface area contributed by atoms with Crippen LogP contribution in [0.4, 0.5) is 5.69 Å². The average Bonchev–Trinajstić information content (AvgIpc) is 2.67. The van der Waals surface area contributed by atoms with Gasteiger partial charge in [0.2, 0.25) is 0 Å². The van der Waals surface area contributed by atoms with Crippen LogP contribution in [0.5, 0.6) is 0 Å². The summed E-state index contributed by atoms with van der Waals surface area (Å²) in [6.07, 6.45) is 1.63. The fraction of sp³-hybridized carbons (Fsp3) is 0.786. The minimum atomic E-state index is -0.444. The van der Waals surface area contributed by atoms with E-state index >= 15 is 0 Å². The monoisotopic (exact) mass is 282 g/mol. The van der Waals surface area contributed by atoms with Gasteiger partial charge in [0.05, 0.1) is 29.7 Å². The van der Waals surface area contributed by atoms with Crippen LogP contribution in [0.25, 0.3) is 0 Å². The van der Waals surface area contributed by atoms with E-state index < -0.39 is 6.10 Å². The molecule has 6 heteroatoms. The molecule has 1 aromatic heterocycles. The van der Waals surface area contributed by atoms with Crippen LogP contribution in [-0.2, 0) is 11.3 Å². The quantitative estimate of drug-likeness (QED) is 0.825. The normalized spacial score (nSPS) is 18.6. The summed E-state index contributed by atoms with van der Waals surface area (Å²) in [5.41, 5.74) is 8.38. The maximum Gasteiger partial charge on any atom is 0.0862 e. The molecule has 0 amide bonds. The standard InChI is InChI=1S/C14H26N4O2/c1-10-14(15)11(2)18(16-10)9-13(19)8-17(3)12-4-6-20-7-5-12/h12-13,19H,4-9,15H2,1-3H3. The van der Waals surface area contributed by atoms with Gasteiger partial charge in [-0.3, -0.25) is 4.68 Å². The Morgan fingerprint density at radius 3 is 2.65 bits per heavy atom. The Bertz CT molecular complexity index is 441. The maximum atomic E-state index is 10.3. The largest absolute Gasteiger partial charge is 0.396 e. The van der Waals surface area contributed by atoms with Gasteiger partial charge >= 0.3 is 0 Å². The zero-order valence-electron chi connectivity index (χ0n) is 12.7. The van der Waals surface area contributed by atoms with E-state index in [2.05, 4.69) is 17.0 Å². The third kappa shape index (κ3) is 3.50. The van der Waals surface area contributed by atoms with Gasteiger partial charge in [0.1, 0.15) is 0 Å². The Hall–Kier alpha value is -1.11. The Kier molecular flexibility index (Phi) is 5.01. The number of aliphatic hydroxyl groups is 1. The van der Waals surface area contributed by atoms with Gasteiger partial charge < -0.3 is 20.5 Å². The molecule has 114 valence electrons. The van der Waals surface area contributed by atoms with Crippen LogP contribution in [0.2, 0.25) is 0 Å². The number of likely N-dealkylation sites (N-methyl/N-ethyl adjacent to an activating group) is 1. The zero-order valence-corrected chi connectivity index (χ0v) is 12.7. The summed E-state index contributed by atoms with van der Waals surface area (Å²) in [4.78, 5) is 2.22. The lowest BCUT2D eigenvalue weighted by molar-refractivity contribution is 0.0219. The molecule has 1 aliphatic heterocycles. The minimum absolute atomic E-state index is 0.444. The molecule has 0 saturated carbocycles. The molecule has 0 aromatic carbocycles. The number of rotatable bonds is 5. The van der Waals surface area contributed by atoms with Crippen molar-refractivity contribution in [2.45, 2.75) is 45.4 Å². The SMILES string of the molecule is Cc1nn(CC(O)CN(C)C2CCOCC2)c(C)c1N. The van der Waals surface area contributed by atoms with E-state index in [0.717, 1.165) is 43.1 Å². The molecule has 2 heterocycles. The first-order chi connectivity index (χ1) is 9.49. The summed E-state index contributed by atoms with van der Waals surface area (Å²) >= 11 is 0. The predicted molar refractivity (Wildman–Crippen MR) is 78.6 cm³/mol. The van der Waals surface area contributed by atoms with Gasteiger partial charge in [-0.1, -0.05) is 0 Å². The van der Waals surface area contributed by atoms with Crippen LogP contribution in [0.1, 0.15) is 24.2 Å². The van der Waals surface area contributed by atoms with Crippen molar-refractivity contribution >= 4 is 5.69 Å². The van der Waals surface area contributed by atoms with Gasteiger partial charge in [-0.2, -0.15) is 5.10 Å². The lowest BCUT2D eigenvalue weighted by Crippen LogP contribution is -2.42. The van der Waals surface area contributed by atoms with Crippen molar-refractivity contribution in [3.63, 3.8) is 0 Å². The van der Waals surface area contributed by atoms with E-state index in [0.29, 0.717) is 19.1 Å². The van der Waals surface area contributed by atoms with Gasteiger partial charge in [-0.05, 0) is 33.7 Å². The molecule has 0 bridgehead atoms. The smallest absolute Gasteiger partial charge is 0.0862 e. The van der Waals surface area contributed by atoms with Crippen molar-refractivity contribution in [3.05, 3.63) is 11.4 Å². The number of aryl methyl sites for hydroxylation is 1. The summed E-state index contributed by atoms with van der Waals surface area (Å²) in [5, 5.41) is 14.6. The molecule has 0 spiro atoms. The molecule has 1 aromatic rings. The summed E-state index contributed by atoms with van der Waals surface area (Å²) < 4.78 is 7.16. The van der Waals surface area contributed by atoms with Crippen molar-refractivity contribution in [1.29, 1.82) is 0 Å². The first-order valence-corrected chi connectivity index (χ1v) is 7.24. The van der Waals surface area contributed by atoms with E-state index in [4.69, 9.17) is 10.5 Å². The second-order valence-corrected chi connectivity index (χ2v) is 5.70. The summed E-state index contributed by atoms with van der Waals surface area (Å²) in [7, 11) is 2.06. The molecule has 0 radical (unpaired) electrons. The lowest BCUT2D eigenvalue weighted by Gasteiger charge is -2.32. The van der Waals surface area contributed by atoms with Crippen LogP contribution < -0.4 is 5.73 Å². The number of nitrogens with two attached hydrogens (primary N) is 1. The van der Waals surface area contributed by atoms with Crippen LogP contribution in [0.15, 0.2) is 0 Å². The third-order valence-corrected chi connectivity index (χ3v) is 4.13. The van der Waals surface area contributed by atoms with Crippen molar-refractivity contribution in [1.82, 2.24) is 14.7 Å². The average molecular weight is 282 g/mol. The fourth-order valence-electron chi connectivity index (χ4n) is 2.75. The number of hydrogen-bond donors (Lipinski definition) is 2. The summed E-state index contributed by atoms with van der Waals surface area (Å²) in [5.74, 6) is 0. The topological polar surface area (TPSA) is 76.5 Å². The number of nitrogen functional groups attached to an aromatic ring is 1. The van der Waals surface area contributed by atoms with Gasteiger partial charge in [-0.25, -0.2) is 0 Å². The molecule has 6 nitrogen and oxygen atoms in total. The Morgan fingerprint density at radius 1 is 1.45 bits per heavy atom. The zero-order chi connectivity index (χ0) is 14.7. The molecular formula is C14H26N4O2. The van der Waals surface area contributed by atoms with E-state index in [9.17, 15) is 5.11 Å². The van der Waals surface area contributed by atoms with Crippen LogP contribution in [-0.4, -0.2) is 58.7 Å². The van der Waals surface area contributed by atoms with Crippen molar-refractivity contribution in [2.24, 2.45) is 0 Å². The molecule has 0 aliphatic carbocycles. The predicted octanol–water partition coefficient (Wildman–Crippen LogP) is 0.554. The van der Waals surface area contributed by atoms with E-state index in [1.54, 1.807) is 4.68 Å². The highest BCUT2D eigenvalue weighted by Gasteiger charge is 2.21. The summed E-state index contributed by atoms with van der Waals surface area (Å²) in [6, 6.07) is 0.504. The number of nitrogens with zero attached hydrogens (tertiary/aromatic N) is 3. The van der Waals surface area contributed by atoms with E-state index in [1.165, 1.54) is 0 Å². The fourth-order valence-corrected chi connectivity index (χ4v) is 2.75. The van der Waals surface area contributed by atoms with Crippen molar-refractivity contribution < 1.29 is 9.84 Å². The van der Waals surface area contributed by atoms with E-state index in [-0.39, 0.29) is 0 Å². The molecule has 2 rings (SSSR count). The van der Waals surface area contributed by atoms with Gasteiger partial charge in [0.15, 0.2) is 0 Å². The second-order valence-electron chi connectivity index (χ2n) is 5.70. The van der Waals surface area contributed by atoms with Crippen molar-refractivity contribution in [3.8, 4) is 0 Å². The molecule has 1 unspecified atom stereocenters. The number of ether oxygens (including phenoxy) is 1. The highest BCUT2D eigenvalue weighted by atomic mass is 16.5. The highest BCUT2D eigenvalue weighted by molar-refractivity contribution is 5.46. The van der Waals surface area contributed by atoms with Crippen LogP contribution >= 0.6 is 0 Å². The third-order valence-electron chi connectivity index (χ3n) is 4.13. The second kappa shape index (κ2) is 6.56. The number of aliphatic hydroxyl groups excluding tert-OH is 1. The molecule has 1 fully saturated rings. The Labute approximate surface area is 120 Å².